The zero-order valence-corrected chi connectivity index (χ0v) is 13.4. The van der Waals surface area contributed by atoms with Crippen molar-refractivity contribution in [2.75, 3.05) is 18.0 Å². The van der Waals surface area contributed by atoms with Gasteiger partial charge in [0, 0.05) is 23.6 Å². The van der Waals surface area contributed by atoms with Crippen molar-refractivity contribution in [2.45, 2.75) is 20.3 Å². The lowest BCUT2D eigenvalue weighted by Gasteiger charge is -2.21. The van der Waals surface area contributed by atoms with Gasteiger partial charge in [-0.2, -0.15) is 0 Å². The molecule has 2 rings (SSSR count). The molecule has 0 saturated carbocycles. The molecular formula is C16H20BrNO2. The summed E-state index contributed by atoms with van der Waals surface area (Å²) >= 11 is 3.60. The summed E-state index contributed by atoms with van der Waals surface area (Å²) in [5, 5.41) is 8.65. The Morgan fingerprint density at radius 2 is 2.25 bits per heavy atom. The number of aliphatic carboxylic acids is 1. The Morgan fingerprint density at radius 1 is 1.50 bits per heavy atom. The number of rotatable bonds is 4. The zero-order valence-electron chi connectivity index (χ0n) is 11.8. The normalized spacial score (nSPS) is 19.2. The average molecular weight is 338 g/mol. The van der Waals surface area contributed by atoms with E-state index in [-0.39, 0.29) is 0 Å². The van der Waals surface area contributed by atoms with Crippen LogP contribution in [-0.2, 0) is 4.79 Å². The predicted octanol–water partition coefficient (Wildman–Crippen LogP) is 4.03. The molecule has 1 aliphatic rings. The number of anilines is 1. The predicted molar refractivity (Wildman–Crippen MR) is 86.0 cm³/mol. The van der Waals surface area contributed by atoms with E-state index >= 15 is 0 Å². The molecule has 1 fully saturated rings. The fraction of sp³-hybridized carbons (Fsp3) is 0.438. The van der Waals surface area contributed by atoms with Crippen LogP contribution in [0.1, 0.15) is 25.8 Å². The van der Waals surface area contributed by atoms with Crippen molar-refractivity contribution in [3.8, 4) is 0 Å². The Bertz CT molecular complexity index is 525. The summed E-state index contributed by atoms with van der Waals surface area (Å²) in [5.74, 6) is 0.551. The van der Waals surface area contributed by atoms with Crippen LogP contribution in [0.15, 0.2) is 28.7 Å². The van der Waals surface area contributed by atoms with Gasteiger partial charge in [0.05, 0.1) is 5.69 Å². The maximum Gasteiger partial charge on any atom is 0.328 e. The first-order valence-corrected chi connectivity index (χ1v) is 7.72. The molecule has 20 heavy (non-hydrogen) atoms. The van der Waals surface area contributed by atoms with E-state index in [2.05, 4.69) is 40.7 Å². The van der Waals surface area contributed by atoms with Gasteiger partial charge in [0.15, 0.2) is 0 Å². The molecule has 1 aromatic rings. The molecule has 1 aliphatic heterocycles. The van der Waals surface area contributed by atoms with Crippen LogP contribution in [0.2, 0.25) is 0 Å². The van der Waals surface area contributed by atoms with Crippen LogP contribution < -0.4 is 4.90 Å². The second kappa shape index (κ2) is 6.44. The molecule has 1 saturated heterocycles. The number of halogens is 1. The Balaban J connectivity index is 2.12. The number of carboxylic acids is 1. The summed E-state index contributed by atoms with van der Waals surface area (Å²) < 4.78 is 1.02. The lowest BCUT2D eigenvalue weighted by Crippen LogP contribution is -2.21. The standard InChI is InChI=1S/C16H20BrNO2/c1-11(2)13-7-8-18(10-13)15-5-3-12(9-14(15)17)4-6-16(19)20/h3-6,9,11,13H,7-8,10H2,1-2H3,(H,19,20)/b6-4+. The molecule has 1 N–H and O–H groups in total. The van der Waals surface area contributed by atoms with Gasteiger partial charge in [0.1, 0.15) is 0 Å². The molecular weight excluding hydrogens is 318 g/mol. The topological polar surface area (TPSA) is 40.5 Å². The highest BCUT2D eigenvalue weighted by atomic mass is 79.9. The third-order valence-corrected chi connectivity index (χ3v) is 4.53. The molecule has 0 amide bonds. The fourth-order valence-corrected chi connectivity index (χ4v) is 3.25. The third-order valence-electron chi connectivity index (χ3n) is 3.90. The first-order valence-electron chi connectivity index (χ1n) is 6.93. The Morgan fingerprint density at radius 3 is 2.80 bits per heavy atom. The molecule has 0 aliphatic carbocycles. The lowest BCUT2D eigenvalue weighted by molar-refractivity contribution is -0.131. The van der Waals surface area contributed by atoms with E-state index in [1.807, 2.05) is 12.1 Å². The molecule has 1 heterocycles. The minimum absolute atomic E-state index is 0.719. The first kappa shape index (κ1) is 15.1. The maximum absolute atomic E-state index is 10.5. The van der Waals surface area contributed by atoms with Gasteiger partial charge in [0.25, 0.3) is 0 Å². The lowest BCUT2D eigenvalue weighted by atomic mass is 9.95. The summed E-state index contributed by atoms with van der Waals surface area (Å²) in [4.78, 5) is 12.9. The fourth-order valence-electron chi connectivity index (χ4n) is 2.60. The quantitative estimate of drug-likeness (QED) is 0.843. The number of nitrogens with zero attached hydrogens (tertiary/aromatic N) is 1. The van der Waals surface area contributed by atoms with E-state index in [9.17, 15) is 4.79 Å². The van der Waals surface area contributed by atoms with E-state index in [1.54, 1.807) is 6.08 Å². The maximum atomic E-state index is 10.5. The second-order valence-electron chi connectivity index (χ2n) is 5.62. The summed E-state index contributed by atoms with van der Waals surface area (Å²) in [6.07, 6.45) is 4.01. The first-order chi connectivity index (χ1) is 9.47. The number of carbonyl (C=O) groups is 1. The van der Waals surface area contributed by atoms with E-state index in [0.717, 1.165) is 41.0 Å². The third kappa shape index (κ3) is 3.63. The van der Waals surface area contributed by atoms with Crippen molar-refractivity contribution < 1.29 is 9.90 Å². The molecule has 108 valence electrons. The van der Waals surface area contributed by atoms with Crippen molar-refractivity contribution in [3.05, 3.63) is 34.3 Å². The smallest absolute Gasteiger partial charge is 0.328 e. The van der Waals surface area contributed by atoms with Crippen LogP contribution in [0.4, 0.5) is 5.69 Å². The summed E-state index contributed by atoms with van der Waals surface area (Å²) in [6.45, 7) is 6.75. The molecule has 0 radical (unpaired) electrons. The van der Waals surface area contributed by atoms with Crippen LogP contribution in [-0.4, -0.2) is 24.2 Å². The molecule has 0 aromatic heterocycles. The van der Waals surface area contributed by atoms with E-state index in [0.29, 0.717) is 0 Å². The van der Waals surface area contributed by atoms with Gasteiger partial charge in [-0.25, -0.2) is 4.79 Å². The number of hydrogen-bond donors (Lipinski definition) is 1. The zero-order chi connectivity index (χ0) is 14.7. The van der Waals surface area contributed by atoms with Crippen molar-refractivity contribution in [1.29, 1.82) is 0 Å². The highest BCUT2D eigenvalue weighted by Crippen LogP contribution is 2.33. The second-order valence-corrected chi connectivity index (χ2v) is 6.48. The van der Waals surface area contributed by atoms with E-state index in [1.165, 1.54) is 12.1 Å². The molecule has 3 nitrogen and oxygen atoms in total. The van der Waals surface area contributed by atoms with E-state index in [4.69, 9.17) is 5.11 Å². The van der Waals surface area contributed by atoms with Gasteiger partial charge in [-0.3, -0.25) is 0 Å². The van der Waals surface area contributed by atoms with Crippen LogP contribution in [0.5, 0.6) is 0 Å². The van der Waals surface area contributed by atoms with Crippen LogP contribution >= 0.6 is 15.9 Å². The van der Waals surface area contributed by atoms with Crippen LogP contribution in [0, 0.1) is 11.8 Å². The monoisotopic (exact) mass is 337 g/mol. The SMILES string of the molecule is CC(C)C1CCN(c2ccc(/C=C/C(=O)O)cc2Br)C1. The molecule has 4 heteroatoms. The van der Waals surface area contributed by atoms with E-state index < -0.39 is 5.97 Å². The summed E-state index contributed by atoms with van der Waals surface area (Å²) in [7, 11) is 0. The molecule has 1 aromatic carbocycles. The van der Waals surface area contributed by atoms with Gasteiger partial charge < -0.3 is 10.0 Å². The minimum Gasteiger partial charge on any atom is -0.478 e. The van der Waals surface area contributed by atoms with Gasteiger partial charge >= 0.3 is 5.97 Å². The Labute approximate surface area is 128 Å². The Hall–Kier alpha value is -1.29. The molecule has 1 atom stereocenters. The van der Waals surface area contributed by atoms with Crippen LogP contribution in [0.25, 0.3) is 6.08 Å². The largest absolute Gasteiger partial charge is 0.478 e. The molecule has 1 unspecified atom stereocenters. The van der Waals surface area contributed by atoms with Gasteiger partial charge in [0.2, 0.25) is 0 Å². The number of hydrogen-bond acceptors (Lipinski definition) is 2. The van der Waals surface area contributed by atoms with Crippen molar-refractivity contribution in [2.24, 2.45) is 11.8 Å². The summed E-state index contributed by atoms with van der Waals surface area (Å²) in [5.41, 5.74) is 2.09. The van der Waals surface area contributed by atoms with Gasteiger partial charge in [-0.15, -0.1) is 0 Å². The van der Waals surface area contributed by atoms with Crippen LogP contribution in [0.3, 0.4) is 0 Å². The number of carboxylic acid groups (broad SMARTS) is 1. The van der Waals surface area contributed by atoms with Crippen molar-refractivity contribution in [1.82, 2.24) is 0 Å². The molecule has 0 bridgehead atoms. The van der Waals surface area contributed by atoms with Crippen molar-refractivity contribution >= 4 is 33.7 Å². The van der Waals surface area contributed by atoms with Gasteiger partial charge in [-0.05, 0) is 58.0 Å². The number of benzene rings is 1. The highest BCUT2D eigenvalue weighted by Gasteiger charge is 2.25. The van der Waals surface area contributed by atoms with Gasteiger partial charge in [-0.1, -0.05) is 19.9 Å². The minimum atomic E-state index is -0.926. The Kier molecular flexibility index (Phi) is 4.86. The van der Waals surface area contributed by atoms with Crippen molar-refractivity contribution in [3.63, 3.8) is 0 Å². The average Bonchev–Trinajstić information content (AvgIpc) is 2.86. The molecule has 0 spiro atoms. The summed E-state index contributed by atoms with van der Waals surface area (Å²) in [6, 6.07) is 5.99. The highest BCUT2D eigenvalue weighted by molar-refractivity contribution is 9.10.